The Morgan fingerprint density at radius 1 is 1.32 bits per heavy atom. The van der Waals surface area contributed by atoms with Gasteiger partial charge in [0.1, 0.15) is 11.6 Å². The number of hydrogen-bond acceptors (Lipinski definition) is 3. The number of ether oxygens (including phenoxy) is 1. The second-order valence-electron chi connectivity index (χ2n) is 4.49. The Balaban J connectivity index is 2.70. The molecule has 0 fully saturated rings. The summed E-state index contributed by atoms with van der Waals surface area (Å²) >= 11 is 0. The fourth-order valence-electron chi connectivity index (χ4n) is 1.99. The summed E-state index contributed by atoms with van der Waals surface area (Å²) in [5, 5.41) is 6.50. The SMILES string of the molecule is COc1c(-c2cc(N)n[nH]2)cc(C)cc1C(C)(F)F. The van der Waals surface area contributed by atoms with Crippen LogP contribution in [-0.4, -0.2) is 17.3 Å². The Labute approximate surface area is 109 Å². The van der Waals surface area contributed by atoms with Gasteiger partial charge >= 0.3 is 0 Å². The van der Waals surface area contributed by atoms with Crippen LogP contribution in [0, 0.1) is 6.92 Å². The highest BCUT2D eigenvalue weighted by molar-refractivity contribution is 5.72. The van der Waals surface area contributed by atoms with Crippen molar-refractivity contribution in [1.29, 1.82) is 0 Å². The number of benzene rings is 1. The highest BCUT2D eigenvalue weighted by Crippen LogP contribution is 2.41. The first-order chi connectivity index (χ1) is 8.82. The van der Waals surface area contributed by atoms with Crippen molar-refractivity contribution in [1.82, 2.24) is 10.2 Å². The molecule has 6 heteroatoms. The smallest absolute Gasteiger partial charge is 0.274 e. The minimum Gasteiger partial charge on any atom is -0.496 e. The van der Waals surface area contributed by atoms with E-state index >= 15 is 0 Å². The minimum absolute atomic E-state index is 0.127. The molecule has 0 spiro atoms. The summed E-state index contributed by atoms with van der Waals surface area (Å²) in [4.78, 5) is 0. The first-order valence-electron chi connectivity index (χ1n) is 5.71. The predicted molar refractivity (Wildman–Crippen MR) is 69.3 cm³/mol. The molecule has 2 aromatic rings. The lowest BCUT2D eigenvalue weighted by Gasteiger charge is -2.18. The third-order valence-corrected chi connectivity index (χ3v) is 2.80. The first-order valence-corrected chi connectivity index (χ1v) is 5.71. The molecule has 0 aliphatic carbocycles. The van der Waals surface area contributed by atoms with Crippen molar-refractivity contribution in [3.63, 3.8) is 0 Å². The number of rotatable bonds is 3. The fourth-order valence-corrected chi connectivity index (χ4v) is 1.99. The van der Waals surface area contributed by atoms with E-state index in [1.807, 2.05) is 0 Å². The molecule has 0 radical (unpaired) electrons. The van der Waals surface area contributed by atoms with E-state index < -0.39 is 5.92 Å². The number of nitrogens with two attached hydrogens (primary N) is 1. The Hall–Kier alpha value is -2.11. The number of alkyl halides is 2. The van der Waals surface area contributed by atoms with Crippen molar-refractivity contribution in [2.75, 3.05) is 12.8 Å². The molecule has 4 nitrogen and oxygen atoms in total. The van der Waals surface area contributed by atoms with E-state index in [1.165, 1.54) is 13.2 Å². The predicted octanol–water partition coefficient (Wildman–Crippen LogP) is 3.09. The van der Waals surface area contributed by atoms with Crippen LogP contribution < -0.4 is 10.5 Å². The van der Waals surface area contributed by atoms with Crippen LogP contribution in [0.3, 0.4) is 0 Å². The van der Waals surface area contributed by atoms with E-state index in [9.17, 15) is 8.78 Å². The van der Waals surface area contributed by atoms with E-state index in [1.54, 1.807) is 19.1 Å². The van der Waals surface area contributed by atoms with Gasteiger partial charge in [-0.25, -0.2) is 8.78 Å². The number of anilines is 1. The summed E-state index contributed by atoms with van der Waals surface area (Å²) in [6.07, 6.45) is 0. The van der Waals surface area contributed by atoms with Crippen molar-refractivity contribution < 1.29 is 13.5 Å². The fraction of sp³-hybridized carbons (Fsp3) is 0.308. The third kappa shape index (κ3) is 2.52. The van der Waals surface area contributed by atoms with Crippen LogP contribution in [-0.2, 0) is 5.92 Å². The molecule has 0 saturated heterocycles. The van der Waals surface area contributed by atoms with Gasteiger partial charge in [0, 0.05) is 18.6 Å². The monoisotopic (exact) mass is 267 g/mol. The standard InChI is InChI=1S/C13H15F2N3O/c1-7-4-8(10-6-11(16)18-17-10)12(19-3)9(5-7)13(2,14)15/h4-6H,1-3H3,(H3,16,17,18). The average Bonchev–Trinajstić information content (AvgIpc) is 2.73. The van der Waals surface area contributed by atoms with Gasteiger partial charge in [-0.05, 0) is 24.6 Å². The molecule has 0 aliphatic heterocycles. The second kappa shape index (κ2) is 4.53. The maximum absolute atomic E-state index is 13.7. The van der Waals surface area contributed by atoms with Crippen molar-refractivity contribution >= 4 is 5.82 Å². The van der Waals surface area contributed by atoms with Gasteiger partial charge in [0.25, 0.3) is 5.92 Å². The van der Waals surface area contributed by atoms with E-state index in [4.69, 9.17) is 10.5 Å². The molecule has 1 heterocycles. The molecule has 0 bridgehead atoms. The topological polar surface area (TPSA) is 63.9 Å². The van der Waals surface area contributed by atoms with Gasteiger partial charge in [-0.2, -0.15) is 5.10 Å². The van der Waals surface area contributed by atoms with E-state index in [0.717, 1.165) is 6.92 Å². The Bertz CT molecular complexity index is 602. The molecule has 1 aromatic heterocycles. The van der Waals surface area contributed by atoms with Gasteiger partial charge in [-0.3, -0.25) is 5.10 Å². The van der Waals surface area contributed by atoms with Crippen molar-refractivity contribution in [2.24, 2.45) is 0 Å². The van der Waals surface area contributed by atoms with Gasteiger partial charge in [0.15, 0.2) is 0 Å². The first kappa shape index (κ1) is 13.3. The summed E-state index contributed by atoms with van der Waals surface area (Å²) in [6.45, 7) is 2.59. The lowest BCUT2D eigenvalue weighted by atomic mass is 9.99. The minimum atomic E-state index is -2.99. The van der Waals surface area contributed by atoms with Gasteiger partial charge in [0.05, 0.1) is 18.4 Å². The largest absolute Gasteiger partial charge is 0.496 e. The number of nitrogen functional groups attached to an aromatic ring is 1. The lowest BCUT2D eigenvalue weighted by molar-refractivity contribution is 0.0151. The zero-order chi connectivity index (χ0) is 14.2. The van der Waals surface area contributed by atoms with Crippen LogP contribution in [0.4, 0.5) is 14.6 Å². The number of methoxy groups -OCH3 is 1. The number of aromatic nitrogens is 2. The van der Waals surface area contributed by atoms with Crippen LogP contribution in [0.2, 0.25) is 0 Å². The molecule has 102 valence electrons. The third-order valence-electron chi connectivity index (χ3n) is 2.80. The zero-order valence-corrected chi connectivity index (χ0v) is 10.9. The molecular formula is C13H15F2N3O. The van der Waals surface area contributed by atoms with Gasteiger partial charge in [-0.15, -0.1) is 0 Å². The normalized spacial score (nSPS) is 11.6. The van der Waals surface area contributed by atoms with Crippen molar-refractivity contribution in [2.45, 2.75) is 19.8 Å². The number of nitrogens with one attached hydrogen (secondary N) is 1. The summed E-state index contributed by atoms with van der Waals surface area (Å²) in [5.41, 5.74) is 7.15. The van der Waals surface area contributed by atoms with Crippen LogP contribution in [0.1, 0.15) is 18.1 Å². The number of hydrogen-bond donors (Lipinski definition) is 2. The highest BCUT2D eigenvalue weighted by atomic mass is 19.3. The number of nitrogens with zero attached hydrogens (tertiary/aromatic N) is 1. The molecule has 0 amide bonds. The van der Waals surface area contributed by atoms with Crippen molar-refractivity contribution in [3.8, 4) is 17.0 Å². The molecule has 0 unspecified atom stereocenters. The average molecular weight is 267 g/mol. The van der Waals surface area contributed by atoms with E-state index in [0.29, 0.717) is 22.6 Å². The lowest BCUT2D eigenvalue weighted by Crippen LogP contribution is -2.10. The summed E-state index contributed by atoms with van der Waals surface area (Å²) in [7, 11) is 1.36. The van der Waals surface area contributed by atoms with Crippen LogP contribution in [0.5, 0.6) is 5.75 Å². The van der Waals surface area contributed by atoms with Crippen molar-refractivity contribution in [3.05, 3.63) is 29.3 Å². The van der Waals surface area contributed by atoms with Gasteiger partial charge < -0.3 is 10.5 Å². The number of halogens is 2. The van der Waals surface area contributed by atoms with Gasteiger partial charge in [0.2, 0.25) is 0 Å². The molecule has 19 heavy (non-hydrogen) atoms. The molecule has 1 aromatic carbocycles. The molecule has 0 aliphatic rings. The number of H-pyrrole nitrogens is 1. The molecule has 0 atom stereocenters. The zero-order valence-electron chi connectivity index (χ0n) is 10.9. The van der Waals surface area contributed by atoms with E-state index in [-0.39, 0.29) is 11.3 Å². The summed E-state index contributed by atoms with van der Waals surface area (Å²) in [5.74, 6) is -2.57. The highest BCUT2D eigenvalue weighted by Gasteiger charge is 2.30. The molecule has 2 rings (SSSR count). The van der Waals surface area contributed by atoms with Crippen LogP contribution in [0.15, 0.2) is 18.2 Å². The Kier molecular flexibility index (Phi) is 3.18. The molecule has 0 saturated carbocycles. The molecule has 3 N–H and O–H groups in total. The van der Waals surface area contributed by atoms with Crippen LogP contribution in [0.25, 0.3) is 11.3 Å². The van der Waals surface area contributed by atoms with Gasteiger partial charge in [-0.1, -0.05) is 0 Å². The maximum Gasteiger partial charge on any atom is 0.274 e. The summed E-state index contributed by atoms with van der Waals surface area (Å²) in [6, 6.07) is 4.75. The quantitative estimate of drug-likeness (QED) is 0.898. The summed E-state index contributed by atoms with van der Waals surface area (Å²) < 4.78 is 32.5. The Morgan fingerprint density at radius 3 is 2.47 bits per heavy atom. The second-order valence-corrected chi connectivity index (χ2v) is 4.49. The van der Waals surface area contributed by atoms with E-state index in [2.05, 4.69) is 10.2 Å². The number of aryl methyl sites for hydroxylation is 1. The Morgan fingerprint density at radius 2 is 2.00 bits per heavy atom. The van der Waals surface area contributed by atoms with Crippen LogP contribution >= 0.6 is 0 Å². The molecular weight excluding hydrogens is 252 g/mol. The number of aromatic amines is 1. The maximum atomic E-state index is 13.7.